The molecule has 19 heavy (non-hydrogen) atoms. The standard InChI is InChI=1S/C15H34N2O2/c1-15(2,3)14(16-4)8-10-17(11-13-19-6)9-7-12-18-5/h14,16H,7-13H2,1-6H3. The largest absolute Gasteiger partial charge is 0.385 e. The molecule has 0 saturated heterocycles. The third kappa shape index (κ3) is 9.38. The van der Waals surface area contributed by atoms with Gasteiger partial charge in [0, 0.05) is 40.0 Å². The Hall–Kier alpha value is -0.160. The van der Waals surface area contributed by atoms with Crippen LogP contribution in [0.1, 0.15) is 33.6 Å². The Balaban J connectivity index is 4.14. The molecule has 0 saturated carbocycles. The third-order valence-electron chi connectivity index (χ3n) is 3.56. The van der Waals surface area contributed by atoms with Crippen molar-refractivity contribution < 1.29 is 9.47 Å². The van der Waals surface area contributed by atoms with Crippen molar-refractivity contribution in [2.75, 3.05) is 54.1 Å². The van der Waals surface area contributed by atoms with Gasteiger partial charge in [-0.25, -0.2) is 0 Å². The summed E-state index contributed by atoms with van der Waals surface area (Å²) in [4.78, 5) is 2.47. The quantitative estimate of drug-likeness (QED) is 0.584. The SMILES string of the molecule is CNC(CCN(CCCOC)CCOC)C(C)(C)C. The van der Waals surface area contributed by atoms with Gasteiger partial charge in [0.2, 0.25) is 0 Å². The van der Waals surface area contributed by atoms with Crippen LogP contribution in [-0.2, 0) is 9.47 Å². The highest BCUT2D eigenvalue weighted by Crippen LogP contribution is 2.21. The van der Waals surface area contributed by atoms with Crippen molar-refractivity contribution in [2.45, 2.75) is 39.7 Å². The minimum absolute atomic E-state index is 0.300. The Morgan fingerprint density at radius 2 is 1.63 bits per heavy atom. The van der Waals surface area contributed by atoms with Gasteiger partial charge in [0.25, 0.3) is 0 Å². The van der Waals surface area contributed by atoms with E-state index in [9.17, 15) is 0 Å². The monoisotopic (exact) mass is 274 g/mol. The Morgan fingerprint density at radius 3 is 2.11 bits per heavy atom. The van der Waals surface area contributed by atoms with Crippen molar-refractivity contribution >= 4 is 0 Å². The van der Waals surface area contributed by atoms with E-state index < -0.39 is 0 Å². The fourth-order valence-corrected chi connectivity index (χ4v) is 2.31. The summed E-state index contributed by atoms with van der Waals surface area (Å²) in [5.41, 5.74) is 0.300. The summed E-state index contributed by atoms with van der Waals surface area (Å²) in [6.45, 7) is 11.7. The van der Waals surface area contributed by atoms with Gasteiger partial charge in [-0.15, -0.1) is 0 Å². The molecular weight excluding hydrogens is 240 g/mol. The van der Waals surface area contributed by atoms with E-state index in [0.29, 0.717) is 11.5 Å². The van der Waals surface area contributed by atoms with Crippen molar-refractivity contribution in [3.8, 4) is 0 Å². The summed E-state index contributed by atoms with van der Waals surface area (Å²) in [7, 11) is 5.58. The molecule has 0 aliphatic heterocycles. The first kappa shape index (κ1) is 18.8. The van der Waals surface area contributed by atoms with Gasteiger partial charge in [-0.2, -0.15) is 0 Å². The Kier molecular flexibility index (Phi) is 10.5. The molecule has 0 aliphatic rings. The van der Waals surface area contributed by atoms with E-state index >= 15 is 0 Å². The molecule has 0 aromatic carbocycles. The molecule has 4 nitrogen and oxygen atoms in total. The first-order valence-electron chi connectivity index (χ1n) is 7.33. The number of methoxy groups -OCH3 is 2. The fraction of sp³-hybridized carbons (Fsp3) is 1.00. The van der Waals surface area contributed by atoms with Crippen LogP contribution in [0.2, 0.25) is 0 Å². The molecule has 0 aliphatic carbocycles. The predicted molar refractivity (Wildman–Crippen MR) is 81.7 cm³/mol. The lowest BCUT2D eigenvalue weighted by Crippen LogP contribution is -2.41. The number of hydrogen-bond donors (Lipinski definition) is 1. The average molecular weight is 274 g/mol. The van der Waals surface area contributed by atoms with Crippen molar-refractivity contribution in [3.63, 3.8) is 0 Å². The summed E-state index contributed by atoms with van der Waals surface area (Å²) < 4.78 is 10.3. The number of rotatable bonds is 11. The molecule has 0 bridgehead atoms. The Morgan fingerprint density at radius 1 is 1.00 bits per heavy atom. The number of nitrogens with one attached hydrogen (secondary N) is 1. The molecule has 0 aromatic heterocycles. The maximum absolute atomic E-state index is 5.19. The van der Waals surface area contributed by atoms with E-state index in [4.69, 9.17) is 9.47 Å². The van der Waals surface area contributed by atoms with Gasteiger partial charge < -0.3 is 19.7 Å². The zero-order chi connectivity index (χ0) is 14.7. The van der Waals surface area contributed by atoms with Crippen LogP contribution >= 0.6 is 0 Å². The summed E-state index contributed by atoms with van der Waals surface area (Å²) in [6, 6.07) is 0.542. The van der Waals surface area contributed by atoms with Crippen LogP contribution in [0.15, 0.2) is 0 Å². The topological polar surface area (TPSA) is 33.7 Å². The summed E-state index contributed by atoms with van der Waals surface area (Å²) in [6.07, 6.45) is 2.25. The van der Waals surface area contributed by atoms with Crippen LogP contribution in [0, 0.1) is 5.41 Å². The highest BCUT2D eigenvalue weighted by Gasteiger charge is 2.23. The van der Waals surface area contributed by atoms with Crippen molar-refractivity contribution in [1.82, 2.24) is 10.2 Å². The van der Waals surface area contributed by atoms with Crippen molar-refractivity contribution in [2.24, 2.45) is 5.41 Å². The lowest BCUT2D eigenvalue weighted by Gasteiger charge is -2.32. The van der Waals surface area contributed by atoms with E-state index in [1.54, 1.807) is 14.2 Å². The van der Waals surface area contributed by atoms with Gasteiger partial charge in [0.05, 0.1) is 6.61 Å². The Bertz CT molecular complexity index is 205. The maximum atomic E-state index is 5.19. The van der Waals surface area contributed by atoms with E-state index in [1.807, 2.05) is 0 Å². The number of ether oxygens (including phenoxy) is 2. The van der Waals surface area contributed by atoms with Crippen LogP contribution in [0.25, 0.3) is 0 Å². The van der Waals surface area contributed by atoms with E-state index in [2.05, 4.69) is 38.0 Å². The second-order valence-corrected chi connectivity index (χ2v) is 6.18. The number of nitrogens with zero attached hydrogens (tertiary/aromatic N) is 1. The molecule has 1 atom stereocenters. The summed E-state index contributed by atoms with van der Waals surface area (Å²) in [5, 5.41) is 3.44. The zero-order valence-electron chi connectivity index (χ0n) is 13.8. The highest BCUT2D eigenvalue weighted by molar-refractivity contribution is 4.80. The minimum Gasteiger partial charge on any atom is -0.385 e. The maximum Gasteiger partial charge on any atom is 0.0589 e. The normalized spacial score (nSPS) is 14.1. The molecular formula is C15H34N2O2. The molecule has 0 amide bonds. The second kappa shape index (κ2) is 10.6. The van der Waals surface area contributed by atoms with E-state index in [1.165, 1.54) is 0 Å². The fourth-order valence-electron chi connectivity index (χ4n) is 2.31. The van der Waals surface area contributed by atoms with Gasteiger partial charge in [-0.05, 0) is 31.8 Å². The smallest absolute Gasteiger partial charge is 0.0589 e. The molecule has 0 radical (unpaired) electrons. The Labute approximate surface area is 119 Å². The molecule has 0 spiro atoms. The molecule has 1 N–H and O–H groups in total. The van der Waals surface area contributed by atoms with E-state index in [-0.39, 0.29) is 0 Å². The van der Waals surface area contributed by atoms with Crippen molar-refractivity contribution in [1.29, 1.82) is 0 Å². The molecule has 116 valence electrons. The van der Waals surface area contributed by atoms with Crippen LogP contribution in [0.5, 0.6) is 0 Å². The predicted octanol–water partition coefficient (Wildman–Crippen LogP) is 2.00. The van der Waals surface area contributed by atoms with Gasteiger partial charge in [-0.1, -0.05) is 20.8 Å². The second-order valence-electron chi connectivity index (χ2n) is 6.18. The van der Waals surface area contributed by atoms with Gasteiger partial charge >= 0.3 is 0 Å². The van der Waals surface area contributed by atoms with Gasteiger partial charge in [0.15, 0.2) is 0 Å². The highest BCUT2D eigenvalue weighted by atomic mass is 16.5. The lowest BCUT2D eigenvalue weighted by molar-refractivity contribution is 0.125. The number of hydrogen-bond acceptors (Lipinski definition) is 4. The molecule has 1 unspecified atom stereocenters. The first-order valence-corrected chi connectivity index (χ1v) is 7.33. The van der Waals surface area contributed by atoms with Crippen LogP contribution in [-0.4, -0.2) is 65.1 Å². The van der Waals surface area contributed by atoms with Gasteiger partial charge in [0.1, 0.15) is 0 Å². The van der Waals surface area contributed by atoms with Crippen LogP contribution in [0.4, 0.5) is 0 Å². The molecule has 0 rings (SSSR count). The molecule has 4 heteroatoms. The average Bonchev–Trinajstić information content (AvgIpc) is 2.34. The molecule has 0 fully saturated rings. The van der Waals surface area contributed by atoms with Crippen molar-refractivity contribution in [3.05, 3.63) is 0 Å². The zero-order valence-corrected chi connectivity index (χ0v) is 13.8. The van der Waals surface area contributed by atoms with Crippen LogP contribution in [0.3, 0.4) is 0 Å². The minimum atomic E-state index is 0.300. The van der Waals surface area contributed by atoms with Gasteiger partial charge in [-0.3, -0.25) is 0 Å². The lowest BCUT2D eigenvalue weighted by atomic mass is 9.85. The summed E-state index contributed by atoms with van der Waals surface area (Å²) >= 11 is 0. The summed E-state index contributed by atoms with van der Waals surface area (Å²) in [5.74, 6) is 0. The molecule has 0 heterocycles. The molecule has 0 aromatic rings. The first-order chi connectivity index (χ1) is 8.95. The third-order valence-corrected chi connectivity index (χ3v) is 3.56. The van der Waals surface area contributed by atoms with E-state index in [0.717, 1.165) is 45.7 Å². The van der Waals surface area contributed by atoms with Crippen LogP contribution < -0.4 is 5.32 Å².